The molecule has 17 heavy (non-hydrogen) atoms. The molecule has 2 unspecified atom stereocenters. The molecule has 1 N–H and O–H groups in total. The molecule has 0 amide bonds. The van der Waals surface area contributed by atoms with Crippen LogP contribution in [-0.4, -0.2) is 40.4 Å². The summed E-state index contributed by atoms with van der Waals surface area (Å²) in [5.41, 5.74) is 2.37. The highest BCUT2D eigenvalue weighted by Crippen LogP contribution is 2.15. The first-order chi connectivity index (χ1) is 8.06. The quantitative estimate of drug-likeness (QED) is 0.859. The molecule has 0 aromatic carbocycles. The molecular weight excluding hydrogens is 212 g/mol. The van der Waals surface area contributed by atoms with Crippen molar-refractivity contribution in [3.05, 3.63) is 17.5 Å². The Morgan fingerprint density at radius 3 is 2.82 bits per heavy atom. The van der Waals surface area contributed by atoms with Crippen molar-refractivity contribution in [2.24, 2.45) is 7.05 Å². The largest absolute Gasteiger partial charge is 0.308 e. The van der Waals surface area contributed by atoms with Gasteiger partial charge in [-0.2, -0.15) is 5.10 Å². The standard InChI is InChI=1S/C13H24N4/c1-10-7-13(17(4)15-10)9-14-12-5-6-16(3)11(2)8-12/h7,11-12,14H,5-6,8-9H2,1-4H3. The van der Waals surface area contributed by atoms with Gasteiger partial charge in [0.05, 0.1) is 11.4 Å². The lowest BCUT2D eigenvalue weighted by molar-refractivity contribution is 0.167. The van der Waals surface area contributed by atoms with Crippen LogP contribution in [0.25, 0.3) is 0 Å². The van der Waals surface area contributed by atoms with Crippen molar-refractivity contribution in [2.45, 2.75) is 45.3 Å². The van der Waals surface area contributed by atoms with Crippen LogP contribution in [0.3, 0.4) is 0 Å². The number of aryl methyl sites for hydroxylation is 2. The molecule has 1 aromatic heterocycles. The average molecular weight is 236 g/mol. The van der Waals surface area contributed by atoms with Crippen LogP contribution < -0.4 is 5.32 Å². The molecule has 0 aliphatic carbocycles. The van der Waals surface area contributed by atoms with Crippen LogP contribution in [-0.2, 0) is 13.6 Å². The molecule has 4 heteroatoms. The van der Waals surface area contributed by atoms with E-state index in [1.807, 2.05) is 18.7 Å². The minimum Gasteiger partial charge on any atom is -0.308 e. The zero-order valence-electron chi connectivity index (χ0n) is 11.4. The Balaban J connectivity index is 1.84. The van der Waals surface area contributed by atoms with E-state index in [9.17, 15) is 0 Å². The summed E-state index contributed by atoms with van der Waals surface area (Å²) in [6.45, 7) is 6.48. The molecule has 4 nitrogen and oxygen atoms in total. The van der Waals surface area contributed by atoms with Crippen LogP contribution in [0.15, 0.2) is 6.07 Å². The molecule has 0 saturated carbocycles. The monoisotopic (exact) mass is 236 g/mol. The van der Waals surface area contributed by atoms with Gasteiger partial charge in [-0.15, -0.1) is 0 Å². The van der Waals surface area contributed by atoms with E-state index in [0.717, 1.165) is 12.2 Å². The van der Waals surface area contributed by atoms with Gasteiger partial charge in [0.2, 0.25) is 0 Å². The maximum absolute atomic E-state index is 4.37. The Bertz CT molecular complexity index is 371. The van der Waals surface area contributed by atoms with Crippen LogP contribution >= 0.6 is 0 Å². The third-order valence-corrected chi connectivity index (χ3v) is 3.88. The van der Waals surface area contributed by atoms with Crippen molar-refractivity contribution >= 4 is 0 Å². The molecular formula is C13H24N4. The van der Waals surface area contributed by atoms with Crippen LogP contribution in [0, 0.1) is 6.92 Å². The Hall–Kier alpha value is -0.870. The molecule has 1 aliphatic rings. The summed E-state index contributed by atoms with van der Waals surface area (Å²) in [6.07, 6.45) is 2.49. The van der Waals surface area contributed by atoms with Gasteiger partial charge in [0.25, 0.3) is 0 Å². The fourth-order valence-corrected chi connectivity index (χ4v) is 2.55. The summed E-state index contributed by atoms with van der Waals surface area (Å²) in [4.78, 5) is 2.44. The second-order valence-corrected chi connectivity index (χ2v) is 5.33. The SMILES string of the molecule is Cc1cc(CNC2CCN(C)C(C)C2)n(C)n1. The summed E-state index contributed by atoms with van der Waals surface area (Å²) in [5.74, 6) is 0. The van der Waals surface area contributed by atoms with Crippen LogP contribution in [0.5, 0.6) is 0 Å². The van der Waals surface area contributed by atoms with Gasteiger partial charge in [0, 0.05) is 25.7 Å². The molecule has 0 radical (unpaired) electrons. The number of nitrogens with one attached hydrogen (secondary N) is 1. The molecule has 0 spiro atoms. The van der Waals surface area contributed by atoms with E-state index in [4.69, 9.17) is 0 Å². The van der Waals surface area contributed by atoms with Crippen molar-refractivity contribution in [1.29, 1.82) is 0 Å². The summed E-state index contributed by atoms with van der Waals surface area (Å²) >= 11 is 0. The number of likely N-dealkylation sites (tertiary alicyclic amines) is 1. The number of hydrogen-bond acceptors (Lipinski definition) is 3. The first-order valence-electron chi connectivity index (χ1n) is 6.49. The van der Waals surface area contributed by atoms with Gasteiger partial charge in [0.15, 0.2) is 0 Å². The Labute approximate surface area is 104 Å². The van der Waals surface area contributed by atoms with Crippen molar-refractivity contribution < 1.29 is 0 Å². The predicted molar refractivity (Wildman–Crippen MR) is 69.9 cm³/mol. The normalized spacial score (nSPS) is 26.4. The summed E-state index contributed by atoms with van der Waals surface area (Å²) < 4.78 is 1.97. The fraction of sp³-hybridized carbons (Fsp3) is 0.769. The van der Waals surface area contributed by atoms with Gasteiger partial charge in [-0.1, -0.05) is 0 Å². The van der Waals surface area contributed by atoms with E-state index in [2.05, 4.69) is 35.4 Å². The highest BCUT2D eigenvalue weighted by molar-refractivity contribution is 5.08. The van der Waals surface area contributed by atoms with Crippen molar-refractivity contribution in [3.63, 3.8) is 0 Å². The first kappa shape index (κ1) is 12.6. The van der Waals surface area contributed by atoms with E-state index < -0.39 is 0 Å². The van der Waals surface area contributed by atoms with Crippen LogP contribution in [0.4, 0.5) is 0 Å². The Morgan fingerprint density at radius 2 is 2.24 bits per heavy atom. The van der Waals surface area contributed by atoms with Gasteiger partial charge < -0.3 is 10.2 Å². The highest BCUT2D eigenvalue weighted by Gasteiger charge is 2.22. The van der Waals surface area contributed by atoms with E-state index in [0.29, 0.717) is 12.1 Å². The molecule has 0 bridgehead atoms. The summed E-state index contributed by atoms with van der Waals surface area (Å²) in [6, 6.07) is 3.50. The number of rotatable bonds is 3. The van der Waals surface area contributed by atoms with Crippen molar-refractivity contribution in [2.75, 3.05) is 13.6 Å². The van der Waals surface area contributed by atoms with E-state index in [-0.39, 0.29) is 0 Å². The molecule has 1 saturated heterocycles. The second-order valence-electron chi connectivity index (χ2n) is 5.33. The number of hydrogen-bond donors (Lipinski definition) is 1. The fourth-order valence-electron chi connectivity index (χ4n) is 2.55. The zero-order valence-corrected chi connectivity index (χ0v) is 11.4. The van der Waals surface area contributed by atoms with Gasteiger partial charge in [0.1, 0.15) is 0 Å². The molecule has 1 fully saturated rings. The zero-order chi connectivity index (χ0) is 12.4. The Morgan fingerprint density at radius 1 is 1.47 bits per heavy atom. The third kappa shape index (κ3) is 3.07. The predicted octanol–water partition coefficient (Wildman–Crippen LogP) is 1.30. The van der Waals surface area contributed by atoms with Gasteiger partial charge >= 0.3 is 0 Å². The Kier molecular flexibility index (Phi) is 3.84. The minimum atomic E-state index is 0.649. The molecule has 2 heterocycles. The van der Waals surface area contributed by atoms with E-state index in [1.54, 1.807) is 0 Å². The third-order valence-electron chi connectivity index (χ3n) is 3.88. The second kappa shape index (κ2) is 5.19. The average Bonchev–Trinajstić information content (AvgIpc) is 2.59. The maximum Gasteiger partial charge on any atom is 0.0597 e. The number of aromatic nitrogens is 2. The van der Waals surface area contributed by atoms with Gasteiger partial charge in [-0.3, -0.25) is 4.68 Å². The molecule has 2 atom stereocenters. The van der Waals surface area contributed by atoms with Gasteiger partial charge in [-0.25, -0.2) is 0 Å². The summed E-state index contributed by atoms with van der Waals surface area (Å²) in [5, 5.41) is 8.03. The van der Waals surface area contributed by atoms with Crippen LogP contribution in [0.2, 0.25) is 0 Å². The number of piperidine rings is 1. The number of nitrogens with zero attached hydrogens (tertiary/aromatic N) is 3. The topological polar surface area (TPSA) is 33.1 Å². The molecule has 2 rings (SSSR count). The van der Waals surface area contributed by atoms with Crippen molar-refractivity contribution in [1.82, 2.24) is 20.0 Å². The first-order valence-corrected chi connectivity index (χ1v) is 6.49. The highest BCUT2D eigenvalue weighted by atomic mass is 15.3. The van der Waals surface area contributed by atoms with Crippen molar-refractivity contribution in [3.8, 4) is 0 Å². The van der Waals surface area contributed by atoms with Gasteiger partial charge in [-0.05, 0) is 46.3 Å². The lowest BCUT2D eigenvalue weighted by Crippen LogP contribution is -2.45. The molecule has 1 aromatic rings. The van der Waals surface area contributed by atoms with E-state index >= 15 is 0 Å². The lowest BCUT2D eigenvalue weighted by atomic mass is 9.99. The lowest BCUT2D eigenvalue weighted by Gasteiger charge is -2.35. The smallest absolute Gasteiger partial charge is 0.0597 e. The van der Waals surface area contributed by atoms with Crippen LogP contribution in [0.1, 0.15) is 31.2 Å². The molecule has 96 valence electrons. The maximum atomic E-state index is 4.37. The summed E-state index contributed by atoms with van der Waals surface area (Å²) in [7, 11) is 4.23. The minimum absolute atomic E-state index is 0.649. The van der Waals surface area contributed by atoms with E-state index in [1.165, 1.54) is 25.1 Å². The molecule has 1 aliphatic heterocycles.